The fourth-order valence-corrected chi connectivity index (χ4v) is 1.73. The van der Waals surface area contributed by atoms with E-state index in [1.165, 1.54) is 0 Å². The van der Waals surface area contributed by atoms with Gasteiger partial charge in [-0.05, 0) is 6.42 Å². The lowest BCUT2D eigenvalue weighted by molar-refractivity contribution is -0.121. The van der Waals surface area contributed by atoms with Gasteiger partial charge in [0.1, 0.15) is 5.82 Å². The average molecular weight is 238 g/mol. The van der Waals surface area contributed by atoms with Crippen molar-refractivity contribution in [2.45, 2.75) is 38.6 Å². The molecule has 0 spiro atoms. The van der Waals surface area contributed by atoms with E-state index < -0.39 is 0 Å². The number of aromatic nitrogens is 2. The van der Waals surface area contributed by atoms with Gasteiger partial charge in [-0.25, -0.2) is 4.98 Å². The van der Waals surface area contributed by atoms with Gasteiger partial charge in [-0.2, -0.15) is 0 Å². The SMILES string of the molecule is CCCC(N)CC(=O)NCCc1nccn1C. The van der Waals surface area contributed by atoms with Crippen molar-refractivity contribution in [1.82, 2.24) is 14.9 Å². The van der Waals surface area contributed by atoms with E-state index >= 15 is 0 Å². The summed E-state index contributed by atoms with van der Waals surface area (Å²) in [6, 6.07) is -0.0202. The zero-order valence-electron chi connectivity index (χ0n) is 10.6. The first-order chi connectivity index (χ1) is 8.13. The minimum absolute atomic E-state index is 0.0202. The molecule has 0 aliphatic heterocycles. The molecule has 1 aromatic heterocycles. The van der Waals surface area contributed by atoms with Crippen molar-refractivity contribution in [3.63, 3.8) is 0 Å². The van der Waals surface area contributed by atoms with Gasteiger partial charge >= 0.3 is 0 Å². The molecule has 3 N–H and O–H groups in total. The quantitative estimate of drug-likeness (QED) is 0.730. The molecule has 0 aliphatic rings. The predicted molar refractivity (Wildman–Crippen MR) is 67.4 cm³/mol. The first-order valence-corrected chi connectivity index (χ1v) is 6.12. The van der Waals surface area contributed by atoms with E-state index in [-0.39, 0.29) is 11.9 Å². The van der Waals surface area contributed by atoms with Crippen LogP contribution in [0.3, 0.4) is 0 Å². The number of imidazole rings is 1. The van der Waals surface area contributed by atoms with Gasteiger partial charge in [0.15, 0.2) is 0 Å². The zero-order chi connectivity index (χ0) is 12.7. The molecule has 17 heavy (non-hydrogen) atoms. The van der Waals surface area contributed by atoms with Gasteiger partial charge in [0.25, 0.3) is 0 Å². The number of nitrogens with one attached hydrogen (secondary N) is 1. The molecule has 0 radical (unpaired) electrons. The molecule has 5 nitrogen and oxygen atoms in total. The van der Waals surface area contributed by atoms with Crippen molar-refractivity contribution in [2.24, 2.45) is 12.8 Å². The van der Waals surface area contributed by atoms with E-state index in [0.29, 0.717) is 13.0 Å². The Bertz CT molecular complexity index is 348. The van der Waals surface area contributed by atoms with E-state index in [2.05, 4.69) is 17.2 Å². The Balaban J connectivity index is 2.18. The van der Waals surface area contributed by atoms with Crippen LogP contribution in [0.5, 0.6) is 0 Å². The number of amides is 1. The van der Waals surface area contributed by atoms with E-state index in [4.69, 9.17) is 5.73 Å². The second kappa shape index (κ2) is 7.06. The van der Waals surface area contributed by atoms with Gasteiger partial charge < -0.3 is 15.6 Å². The third-order valence-electron chi connectivity index (χ3n) is 2.70. The second-order valence-corrected chi connectivity index (χ2v) is 4.31. The molecule has 5 heteroatoms. The molecule has 1 aromatic rings. The van der Waals surface area contributed by atoms with Crippen LogP contribution in [-0.4, -0.2) is 28.0 Å². The maximum absolute atomic E-state index is 11.5. The predicted octanol–water partition coefficient (Wildman–Crippen LogP) is 0.596. The zero-order valence-corrected chi connectivity index (χ0v) is 10.6. The van der Waals surface area contributed by atoms with E-state index in [1.807, 2.05) is 17.8 Å². The van der Waals surface area contributed by atoms with Crippen LogP contribution in [0.25, 0.3) is 0 Å². The summed E-state index contributed by atoms with van der Waals surface area (Å²) in [7, 11) is 1.95. The number of hydrogen-bond acceptors (Lipinski definition) is 3. The van der Waals surface area contributed by atoms with E-state index in [0.717, 1.165) is 25.1 Å². The van der Waals surface area contributed by atoms with Crippen molar-refractivity contribution in [2.75, 3.05) is 6.54 Å². The minimum Gasteiger partial charge on any atom is -0.356 e. The number of carbonyl (C=O) groups is 1. The van der Waals surface area contributed by atoms with Crippen LogP contribution in [0.15, 0.2) is 12.4 Å². The first-order valence-electron chi connectivity index (χ1n) is 6.12. The van der Waals surface area contributed by atoms with Crippen LogP contribution < -0.4 is 11.1 Å². The highest BCUT2D eigenvalue weighted by Gasteiger charge is 2.08. The topological polar surface area (TPSA) is 72.9 Å². The summed E-state index contributed by atoms with van der Waals surface area (Å²) < 4.78 is 1.95. The average Bonchev–Trinajstić information content (AvgIpc) is 2.64. The van der Waals surface area contributed by atoms with Crippen LogP contribution in [0, 0.1) is 0 Å². The van der Waals surface area contributed by atoms with Gasteiger partial charge in [0.05, 0.1) is 0 Å². The molecule has 1 heterocycles. The number of rotatable bonds is 7. The van der Waals surface area contributed by atoms with Crippen molar-refractivity contribution in [1.29, 1.82) is 0 Å². The minimum atomic E-state index is -0.0202. The molecule has 0 bridgehead atoms. The van der Waals surface area contributed by atoms with Crippen molar-refractivity contribution >= 4 is 5.91 Å². The fourth-order valence-electron chi connectivity index (χ4n) is 1.73. The second-order valence-electron chi connectivity index (χ2n) is 4.31. The molecule has 0 fully saturated rings. The molecular weight excluding hydrogens is 216 g/mol. The smallest absolute Gasteiger partial charge is 0.221 e. The molecule has 0 aliphatic carbocycles. The van der Waals surface area contributed by atoms with Gasteiger partial charge in [-0.15, -0.1) is 0 Å². The van der Waals surface area contributed by atoms with Gasteiger partial charge in [0, 0.05) is 44.9 Å². The summed E-state index contributed by atoms with van der Waals surface area (Å²) in [5.41, 5.74) is 5.80. The highest BCUT2D eigenvalue weighted by molar-refractivity contribution is 5.76. The standard InChI is InChI=1S/C12H22N4O/c1-3-4-10(13)9-12(17)15-6-5-11-14-7-8-16(11)2/h7-8,10H,3-6,9,13H2,1-2H3,(H,15,17). The summed E-state index contributed by atoms with van der Waals surface area (Å²) in [4.78, 5) is 15.7. The largest absolute Gasteiger partial charge is 0.356 e. The van der Waals surface area contributed by atoms with Crippen LogP contribution in [0.2, 0.25) is 0 Å². The molecule has 1 atom stereocenters. The third-order valence-corrected chi connectivity index (χ3v) is 2.70. The third kappa shape index (κ3) is 4.99. The number of hydrogen-bond donors (Lipinski definition) is 2. The van der Waals surface area contributed by atoms with Crippen LogP contribution in [-0.2, 0) is 18.3 Å². The number of carbonyl (C=O) groups excluding carboxylic acids is 1. The summed E-state index contributed by atoms with van der Waals surface area (Å²) in [6.07, 6.45) is 6.73. The van der Waals surface area contributed by atoms with E-state index in [9.17, 15) is 4.79 Å². The Labute approximate surface area is 102 Å². The summed E-state index contributed by atoms with van der Waals surface area (Å²) >= 11 is 0. The highest BCUT2D eigenvalue weighted by Crippen LogP contribution is 1.98. The molecule has 0 aromatic carbocycles. The molecular formula is C12H22N4O. The Morgan fingerprint density at radius 3 is 3.00 bits per heavy atom. The van der Waals surface area contributed by atoms with Gasteiger partial charge in [-0.1, -0.05) is 13.3 Å². The lowest BCUT2D eigenvalue weighted by atomic mass is 10.1. The van der Waals surface area contributed by atoms with Crippen molar-refractivity contribution in [3.8, 4) is 0 Å². The molecule has 0 saturated heterocycles. The van der Waals surface area contributed by atoms with Crippen LogP contribution in [0.1, 0.15) is 32.0 Å². The summed E-state index contributed by atoms with van der Waals surface area (Å²) in [5.74, 6) is 1.00. The highest BCUT2D eigenvalue weighted by atomic mass is 16.1. The number of nitrogens with two attached hydrogens (primary N) is 1. The fraction of sp³-hybridized carbons (Fsp3) is 0.667. The van der Waals surface area contributed by atoms with Crippen molar-refractivity contribution in [3.05, 3.63) is 18.2 Å². The lowest BCUT2D eigenvalue weighted by Crippen LogP contribution is -2.32. The van der Waals surface area contributed by atoms with Gasteiger partial charge in [-0.3, -0.25) is 4.79 Å². The number of aryl methyl sites for hydroxylation is 1. The van der Waals surface area contributed by atoms with Crippen molar-refractivity contribution < 1.29 is 4.79 Å². The van der Waals surface area contributed by atoms with E-state index in [1.54, 1.807) is 6.20 Å². The molecule has 1 amide bonds. The maximum Gasteiger partial charge on any atom is 0.221 e. The number of nitrogens with zero attached hydrogens (tertiary/aromatic N) is 2. The Kier molecular flexibility index (Phi) is 5.69. The first kappa shape index (κ1) is 13.7. The Morgan fingerprint density at radius 1 is 1.65 bits per heavy atom. The summed E-state index contributed by atoms with van der Waals surface area (Å²) in [5, 5.41) is 2.87. The Hall–Kier alpha value is -1.36. The van der Waals surface area contributed by atoms with Crippen LogP contribution >= 0.6 is 0 Å². The molecule has 1 rings (SSSR count). The maximum atomic E-state index is 11.5. The molecule has 1 unspecified atom stereocenters. The normalized spacial score (nSPS) is 12.4. The van der Waals surface area contributed by atoms with Crippen LogP contribution in [0.4, 0.5) is 0 Å². The summed E-state index contributed by atoms with van der Waals surface area (Å²) in [6.45, 7) is 2.68. The van der Waals surface area contributed by atoms with Gasteiger partial charge in [0.2, 0.25) is 5.91 Å². The molecule has 0 saturated carbocycles. The Morgan fingerprint density at radius 2 is 2.41 bits per heavy atom. The lowest BCUT2D eigenvalue weighted by Gasteiger charge is -2.10. The monoisotopic (exact) mass is 238 g/mol. The molecule has 96 valence electrons.